The number of likely N-dealkylation sites (N-methyl/N-ethyl adjacent to an activating group) is 1. The predicted molar refractivity (Wildman–Crippen MR) is 97.2 cm³/mol. The maximum absolute atomic E-state index is 12.7. The van der Waals surface area contributed by atoms with Crippen molar-refractivity contribution >= 4 is 11.8 Å². The molecule has 2 aromatic heterocycles. The van der Waals surface area contributed by atoms with Crippen LogP contribution in [0.1, 0.15) is 28.9 Å². The Hall–Kier alpha value is -2.70. The average Bonchev–Trinajstić information content (AvgIpc) is 3.15. The lowest BCUT2D eigenvalue weighted by atomic mass is 10.1. The van der Waals surface area contributed by atoms with Crippen LogP contribution in [0.15, 0.2) is 24.5 Å². The monoisotopic (exact) mass is 355 g/mol. The van der Waals surface area contributed by atoms with Gasteiger partial charge >= 0.3 is 0 Å². The molecule has 0 unspecified atom stereocenters. The number of amides is 2. The van der Waals surface area contributed by atoms with Crippen LogP contribution in [0.25, 0.3) is 0 Å². The second kappa shape index (κ2) is 7.68. The van der Waals surface area contributed by atoms with E-state index in [-0.39, 0.29) is 24.2 Å². The van der Waals surface area contributed by atoms with Gasteiger partial charge in [0.15, 0.2) is 0 Å². The highest BCUT2D eigenvalue weighted by atomic mass is 16.2. The van der Waals surface area contributed by atoms with Crippen molar-refractivity contribution in [1.82, 2.24) is 25.0 Å². The van der Waals surface area contributed by atoms with Crippen molar-refractivity contribution in [3.05, 3.63) is 47.0 Å². The van der Waals surface area contributed by atoms with E-state index >= 15 is 0 Å². The van der Waals surface area contributed by atoms with Crippen LogP contribution in [0.2, 0.25) is 0 Å². The van der Waals surface area contributed by atoms with Crippen molar-refractivity contribution in [2.75, 3.05) is 20.1 Å². The van der Waals surface area contributed by atoms with E-state index in [1.54, 1.807) is 29.2 Å². The van der Waals surface area contributed by atoms with Crippen LogP contribution >= 0.6 is 0 Å². The van der Waals surface area contributed by atoms with Crippen LogP contribution in [0.3, 0.4) is 0 Å². The van der Waals surface area contributed by atoms with E-state index in [9.17, 15) is 9.59 Å². The molecule has 2 amide bonds. The predicted octanol–water partition coefficient (Wildman–Crippen LogP) is 1.47. The van der Waals surface area contributed by atoms with Gasteiger partial charge in [-0.3, -0.25) is 19.7 Å². The summed E-state index contributed by atoms with van der Waals surface area (Å²) < 4.78 is 0. The first-order valence-electron chi connectivity index (χ1n) is 8.87. The van der Waals surface area contributed by atoms with E-state index < -0.39 is 0 Å². The van der Waals surface area contributed by atoms with Gasteiger partial charge in [-0.25, -0.2) is 0 Å². The Kier molecular flexibility index (Phi) is 5.35. The van der Waals surface area contributed by atoms with Crippen molar-refractivity contribution in [1.29, 1.82) is 0 Å². The average molecular weight is 355 g/mol. The number of hydrogen-bond donors (Lipinski definition) is 1. The standard InChI is InChI=1S/C19H25N5O2/c1-13-17(14(2)22-21-13)6-8-23(3)19(26)16-9-18(25)24(12-16)11-15-5-4-7-20-10-15/h4-5,7,10,16H,6,8-9,11-12H2,1-3H3,(H,21,22)/t16-/m1/s1. The molecular formula is C19H25N5O2. The molecule has 26 heavy (non-hydrogen) atoms. The molecule has 1 aliphatic heterocycles. The molecule has 1 aliphatic rings. The van der Waals surface area contributed by atoms with Gasteiger partial charge in [-0.15, -0.1) is 0 Å². The number of nitrogens with zero attached hydrogens (tertiary/aromatic N) is 4. The van der Waals surface area contributed by atoms with E-state index in [4.69, 9.17) is 0 Å². The summed E-state index contributed by atoms with van der Waals surface area (Å²) in [6.45, 7) is 5.55. The number of aromatic nitrogens is 3. The molecule has 0 aromatic carbocycles. The molecular weight excluding hydrogens is 330 g/mol. The highest BCUT2D eigenvalue weighted by Gasteiger charge is 2.35. The fourth-order valence-corrected chi connectivity index (χ4v) is 3.45. The van der Waals surface area contributed by atoms with Crippen LogP contribution in [-0.4, -0.2) is 56.9 Å². The number of aryl methyl sites for hydroxylation is 2. The van der Waals surface area contributed by atoms with Crippen molar-refractivity contribution < 1.29 is 9.59 Å². The van der Waals surface area contributed by atoms with Crippen LogP contribution in [0.4, 0.5) is 0 Å². The van der Waals surface area contributed by atoms with Gasteiger partial charge in [-0.1, -0.05) is 6.07 Å². The Labute approximate surface area is 153 Å². The largest absolute Gasteiger partial charge is 0.345 e. The summed E-state index contributed by atoms with van der Waals surface area (Å²) in [5.41, 5.74) is 4.16. The summed E-state index contributed by atoms with van der Waals surface area (Å²) in [7, 11) is 1.81. The van der Waals surface area contributed by atoms with E-state index in [0.29, 0.717) is 19.6 Å². The van der Waals surface area contributed by atoms with Gasteiger partial charge in [-0.2, -0.15) is 5.10 Å². The molecule has 7 nitrogen and oxygen atoms in total. The number of rotatable bonds is 6. The van der Waals surface area contributed by atoms with Gasteiger partial charge in [0.2, 0.25) is 11.8 Å². The number of pyridine rings is 1. The van der Waals surface area contributed by atoms with E-state index in [1.165, 1.54) is 0 Å². The maximum atomic E-state index is 12.7. The van der Waals surface area contributed by atoms with Gasteiger partial charge in [0.05, 0.1) is 11.6 Å². The molecule has 138 valence electrons. The second-order valence-corrected chi connectivity index (χ2v) is 6.96. The lowest BCUT2D eigenvalue weighted by Crippen LogP contribution is -2.36. The van der Waals surface area contributed by atoms with E-state index in [1.807, 2.05) is 26.0 Å². The molecule has 1 atom stereocenters. The minimum Gasteiger partial charge on any atom is -0.345 e. The summed E-state index contributed by atoms with van der Waals surface area (Å²) in [6, 6.07) is 3.79. The van der Waals surface area contributed by atoms with Gasteiger partial charge in [0, 0.05) is 51.2 Å². The lowest BCUT2D eigenvalue weighted by molar-refractivity contribution is -0.134. The zero-order valence-electron chi connectivity index (χ0n) is 15.5. The SMILES string of the molecule is Cc1n[nH]c(C)c1CCN(C)C(=O)[C@@H]1CC(=O)N(Cc2cccnc2)C1. The Morgan fingerprint density at radius 2 is 2.23 bits per heavy atom. The first-order valence-corrected chi connectivity index (χ1v) is 8.87. The topological polar surface area (TPSA) is 82.2 Å². The second-order valence-electron chi connectivity index (χ2n) is 6.96. The molecule has 1 N–H and O–H groups in total. The van der Waals surface area contributed by atoms with Crippen LogP contribution in [-0.2, 0) is 22.6 Å². The Morgan fingerprint density at radius 1 is 1.42 bits per heavy atom. The van der Waals surface area contributed by atoms with Gasteiger partial charge in [0.1, 0.15) is 0 Å². The number of carbonyl (C=O) groups excluding carboxylic acids is 2. The summed E-state index contributed by atoms with van der Waals surface area (Å²) in [6.07, 6.45) is 4.51. The normalized spacial score (nSPS) is 17.0. The molecule has 1 saturated heterocycles. The highest BCUT2D eigenvalue weighted by Crippen LogP contribution is 2.22. The minimum absolute atomic E-state index is 0.0297. The van der Waals surface area contributed by atoms with Crippen molar-refractivity contribution in [3.8, 4) is 0 Å². The molecule has 3 heterocycles. The third kappa shape index (κ3) is 3.92. The van der Waals surface area contributed by atoms with E-state index in [2.05, 4.69) is 15.2 Å². The Morgan fingerprint density at radius 3 is 2.88 bits per heavy atom. The number of H-pyrrole nitrogens is 1. The number of nitrogens with one attached hydrogen (secondary N) is 1. The fourth-order valence-electron chi connectivity index (χ4n) is 3.45. The Bertz CT molecular complexity index is 767. The lowest BCUT2D eigenvalue weighted by Gasteiger charge is -2.21. The van der Waals surface area contributed by atoms with Crippen LogP contribution in [0.5, 0.6) is 0 Å². The number of carbonyl (C=O) groups is 2. The first-order chi connectivity index (χ1) is 12.5. The third-order valence-electron chi connectivity index (χ3n) is 5.01. The van der Waals surface area contributed by atoms with Crippen molar-refractivity contribution in [3.63, 3.8) is 0 Å². The summed E-state index contributed by atoms with van der Waals surface area (Å²) in [5, 5.41) is 7.16. The molecule has 1 fully saturated rings. The van der Waals surface area contributed by atoms with Gasteiger partial charge in [0.25, 0.3) is 0 Å². The number of hydrogen-bond acceptors (Lipinski definition) is 4. The third-order valence-corrected chi connectivity index (χ3v) is 5.01. The van der Waals surface area contributed by atoms with Crippen molar-refractivity contribution in [2.24, 2.45) is 5.92 Å². The smallest absolute Gasteiger partial charge is 0.227 e. The number of likely N-dealkylation sites (tertiary alicyclic amines) is 1. The zero-order valence-corrected chi connectivity index (χ0v) is 15.5. The molecule has 0 spiro atoms. The van der Waals surface area contributed by atoms with Crippen LogP contribution < -0.4 is 0 Å². The minimum atomic E-state index is -0.268. The van der Waals surface area contributed by atoms with E-state index in [0.717, 1.165) is 28.9 Å². The summed E-state index contributed by atoms with van der Waals surface area (Å²) in [5.74, 6) is -0.205. The maximum Gasteiger partial charge on any atom is 0.227 e. The molecule has 0 saturated carbocycles. The molecule has 7 heteroatoms. The summed E-state index contributed by atoms with van der Waals surface area (Å²) >= 11 is 0. The van der Waals surface area contributed by atoms with Gasteiger partial charge in [-0.05, 0) is 37.5 Å². The Balaban J connectivity index is 1.55. The summed E-state index contributed by atoms with van der Waals surface area (Å²) in [4.78, 5) is 32.6. The molecule has 0 aliphatic carbocycles. The molecule has 0 bridgehead atoms. The number of aromatic amines is 1. The first kappa shape index (κ1) is 18.1. The quantitative estimate of drug-likeness (QED) is 0.851. The highest BCUT2D eigenvalue weighted by molar-refractivity contribution is 5.89. The molecule has 3 rings (SSSR count). The van der Waals surface area contributed by atoms with Crippen LogP contribution in [0, 0.1) is 19.8 Å². The molecule has 0 radical (unpaired) electrons. The van der Waals surface area contributed by atoms with Gasteiger partial charge < -0.3 is 9.80 Å². The zero-order chi connectivity index (χ0) is 18.7. The molecule has 2 aromatic rings. The van der Waals surface area contributed by atoms with Crippen molar-refractivity contribution in [2.45, 2.75) is 33.2 Å². The fraction of sp³-hybridized carbons (Fsp3) is 0.474.